The lowest BCUT2D eigenvalue weighted by Crippen LogP contribution is -2.52. The van der Waals surface area contributed by atoms with Crippen molar-refractivity contribution in [3.8, 4) is 17.2 Å². The zero-order chi connectivity index (χ0) is 32.4. The smallest absolute Gasteiger partial charge is 0.265 e. The third-order valence-corrected chi connectivity index (χ3v) is 8.96. The zero-order valence-electron chi connectivity index (χ0n) is 25.9. The lowest BCUT2D eigenvalue weighted by molar-refractivity contribution is -0.138. The number of amides is 2. The van der Waals surface area contributed by atoms with Crippen molar-refractivity contribution < 1.29 is 32.2 Å². The molecule has 3 aromatic carbocycles. The van der Waals surface area contributed by atoms with E-state index >= 15 is 0 Å². The molecule has 0 aliphatic heterocycles. The molecule has 0 saturated carbocycles. The number of rotatable bonds is 15. The van der Waals surface area contributed by atoms with Crippen LogP contribution >= 0.6 is 11.6 Å². The molecule has 0 aromatic heterocycles. The van der Waals surface area contributed by atoms with Gasteiger partial charge >= 0.3 is 0 Å². The highest BCUT2D eigenvalue weighted by Crippen LogP contribution is 2.37. The Morgan fingerprint density at radius 3 is 2.11 bits per heavy atom. The van der Waals surface area contributed by atoms with E-state index in [0.29, 0.717) is 18.7 Å². The maximum Gasteiger partial charge on any atom is 0.265 e. The Balaban J connectivity index is 2.08. The molecule has 44 heavy (non-hydrogen) atoms. The molecule has 0 aliphatic rings. The van der Waals surface area contributed by atoms with E-state index < -0.39 is 28.5 Å². The third-order valence-electron chi connectivity index (χ3n) is 6.97. The van der Waals surface area contributed by atoms with Crippen molar-refractivity contribution >= 4 is 39.1 Å². The Morgan fingerprint density at radius 2 is 1.50 bits per heavy atom. The van der Waals surface area contributed by atoms with Crippen LogP contribution in [0.1, 0.15) is 26.3 Å². The van der Waals surface area contributed by atoms with Gasteiger partial charge in [0, 0.05) is 24.2 Å². The van der Waals surface area contributed by atoms with E-state index in [1.165, 1.54) is 56.6 Å². The highest BCUT2D eigenvalue weighted by Gasteiger charge is 2.34. The Hall–Kier alpha value is -3.96. The number of sulfonamides is 1. The third kappa shape index (κ3) is 8.57. The molecule has 3 rings (SSSR count). The van der Waals surface area contributed by atoms with Gasteiger partial charge in [-0.3, -0.25) is 13.9 Å². The Morgan fingerprint density at radius 1 is 0.864 bits per heavy atom. The summed E-state index contributed by atoms with van der Waals surface area (Å²) in [5, 5.41) is 3.12. The second-order valence-electron chi connectivity index (χ2n) is 10.5. The lowest BCUT2D eigenvalue weighted by Gasteiger charge is -2.32. The van der Waals surface area contributed by atoms with Gasteiger partial charge in [-0.25, -0.2) is 8.42 Å². The molecule has 0 fully saturated rings. The quantitative estimate of drug-likeness (QED) is 0.253. The molecular weight excluding hydrogens is 606 g/mol. The summed E-state index contributed by atoms with van der Waals surface area (Å²) in [6.45, 7) is 5.55. The van der Waals surface area contributed by atoms with Gasteiger partial charge in [0.15, 0.2) is 11.5 Å². The average molecular weight is 646 g/mol. The van der Waals surface area contributed by atoms with Crippen LogP contribution in [-0.2, 0) is 26.0 Å². The van der Waals surface area contributed by atoms with Crippen LogP contribution in [0.3, 0.4) is 0 Å². The van der Waals surface area contributed by atoms with Crippen LogP contribution in [0.15, 0.2) is 71.6 Å². The molecule has 0 heterocycles. The van der Waals surface area contributed by atoms with Crippen molar-refractivity contribution in [2.24, 2.45) is 5.92 Å². The predicted molar refractivity (Wildman–Crippen MR) is 171 cm³/mol. The summed E-state index contributed by atoms with van der Waals surface area (Å²) in [6, 6.07) is 17.3. The molecule has 0 saturated heterocycles. The number of benzene rings is 3. The summed E-state index contributed by atoms with van der Waals surface area (Å²) in [7, 11) is -0.186. The number of hydrogen-bond donors (Lipinski definition) is 1. The van der Waals surface area contributed by atoms with E-state index in [0.717, 1.165) is 9.87 Å². The molecule has 1 atom stereocenters. The van der Waals surface area contributed by atoms with Gasteiger partial charge in [-0.2, -0.15) is 0 Å². The van der Waals surface area contributed by atoms with Gasteiger partial charge in [0.25, 0.3) is 10.0 Å². The highest BCUT2D eigenvalue weighted by atomic mass is 35.5. The van der Waals surface area contributed by atoms with Crippen LogP contribution in [0.4, 0.5) is 5.69 Å². The molecular formula is C32H40ClN3O7S. The Labute approximate surface area is 264 Å². The molecule has 1 N–H and O–H groups in total. The van der Waals surface area contributed by atoms with Gasteiger partial charge in [0.05, 0.1) is 31.9 Å². The SMILES string of the molecule is COc1ccc(S(=O)(=O)N(CC(=O)N(CCc2ccccc2)[C@@H](C)C(=O)NCC(C)C)c2cc(Cl)ccc2OC)cc1OC. The number of anilines is 1. The van der Waals surface area contributed by atoms with Gasteiger partial charge in [0.1, 0.15) is 18.3 Å². The number of carbonyl (C=O) groups is 2. The molecule has 12 heteroatoms. The lowest BCUT2D eigenvalue weighted by atomic mass is 10.1. The second kappa shape index (κ2) is 15.7. The van der Waals surface area contributed by atoms with Crippen molar-refractivity contribution in [3.05, 3.63) is 77.3 Å². The maximum atomic E-state index is 14.3. The Kier molecular flexibility index (Phi) is 12.3. The van der Waals surface area contributed by atoms with Gasteiger partial charge in [-0.15, -0.1) is 0 Å². The molecule has 0 bridgehead atoms. The molecule has 10 nitrogen and oxygen atoms in total. The minimum Gasteiger partial charge on any atom is -0.495 e. The van der Waals surface area contributed by atoms with Crippen molar-refractivity contribution in [3.63, 3.8) is 0 Å². The summed E-state index contributed by atoms with van der Waals surface area (Å²) < 4.78 is 45.6. The summed E-state index contributed by atoms with van der Waals surface area (Å²) in [5.41, 5.74) is 1.02. The van der Waals surface area contributed by atoms with Crippen molar-refractivity contribution in [1.82, 2.24) is 10.2 Å². The van der Waals surface area contributed by atoms with E-state index in [1.807, 2.05) is 44.2 Å². The fraction of sp³-hybridized carbons (Fsp3) is 0.375. The average Bonchev–Trinajstić information content (AvgIpc) is 3.02. The topological polar surface area (TPSA) is 114 Å². The predicted octanol–water partition coefficient (Wildman–Crippen LogP) is 4.79. The fourth-order valence-electron chi connectivity index (χ4n) is 4.50. The largest absolute Gasteiger partial charge is 0.495 e. The first kappa shape index (κ1) is 34.5. The van der Waals surface area contributed by atoms with Crippen LogP contribution in [0.2, 0.25) is 5.02 Å². The first-order valence-electron chi connectivity index (χ1n) is 14.1. The highest BCUT2D eigenvalue weighted by molar-refractivity contribution is 7.92. The number of nitrogens with one attached hydrogen (secondary N) is 1. The first-order valence-corrected chi connectivity index (χ1v) is 15.9. The van der Waals surface area contributed by atoms with Crippen molar-refractivity contribution in [2.75, 3.05) is 45.3 Å². The normalized spacial score (nSPS) is 11.9. The van der Waals surface area contributed by atoms with Crippen LogP contribution < -0.4 is 23.8 Å². The van der Waals surface area contributed by atoms with E-state index in [1.54, 1.807) is 13.0 Å². The molecule has 0 unspecified atom stereocenters. The van der Waals surface area contributed by atoms with Crippen LogP contribution in [-0.4, -0.2) is 72.1 Å². The summed E-state index contributed by atoms with van der Waals surface area (Å²) in [4.78, 5) is 28.5. The summed E-state index contributed by atoms with van der Waals surface area (Å²) >= 11 is 6.31. The van der Waals surface area contributed by atoms with Gasteiger partial charge in [-0.05, 0) is 55.2 Å². The molecule has 238 valence electrons. The zero-order valence-corrected chi connectivity index (χ0v) is 27.4. The fourth-order valence-corrected chi connectivity index (χ4v) is 6.10. The van der Waals surface area contributed by atoms with Crippen molar-refractivity contribution in [2.45, 2.75) is 38.1 Å². The van der Waals surface area contributed by atoms with Crippen LogP contribution in [0, 0.1) is 5.92 Å². The summed E-state index contributed by atoms with van der Waals surface area (Å²) in [5.74, 6) is -0.00335. The van der Waals surface area contributed by atoms with E-state index in [4.69, 9.17) is 25.8 Å². The molecule has 0 aliphatic carbocycles. The van der Waals surface area contributed by atoms with Crippen LogP contribution in [0.5, 0.6) is 17.2 Å². The number of methoxy groups -OCH3 is 3. The van der Waals surface area contributed by atoms with E-state index in [-0.39, 0.29) is 45.5 Å². The number of halogens is 1. The number of hydrogen-bond acceptors (Lipinski definition) is 7. The van der Waals surface area contributed by atoms with Gasteiger partial charge in [-0.1, -0.05) is 55.8 Å². The van der Waals surface area contributed by atoms with Gasteiger partial charge in [0.2, 0.25) is 11.8 Å². The van der Waals surface area contributed by atoms with Crippen LogP contribution in [0.25, 0.3) is 0 Å². The minimum absolute atomic E-state index is 0.0584. The van der Waals surface area contributed by atoms with Crippen molar-refractivity contribution in [1.29, 1.82) is 0 Å². The van der Waals surface area contributed by atoms with E-state index in [2.05, 4.69) is 5.32 Å². The monoisotopic (exact) mass is 645 g/mol. The van der Waals surface area contributed by atoms with Gasteiger partial charge < -0.3 is 24.4 Å². The molecule has 3 aromatic rings. The van der Waals surface area contributed by atoms with E-state index in [9.17, 15) is 18.0 Å². The molecule has 0 spiro atoms. The Bertz CT molecular complexity index is 1530. The summed E-state index contributed by atoms with van der Waals surface area (Å²) in [6.07, 6.45) is 0.456. The molecule has 0 radical (unpaired) electrons. The molecule has 2 amide bonds. The second-order valence-corrected chi connectivity index (χ2v) is 12.8. The number of nitrogens with zero attached hydrogens (tertiary/aromatic N) is 2. The minimum atomic E-state index is -4.41. The standard InChI is InChI=1S/C32H40ClN3O7S/c1-22(2)20-34-32(38)23(3)35(17-16-24-10-8-7-9-11-24)31(37)21-36(27-18-25(33)12-14-28(27)41-4)44(39,40)26-13-15-29(42-5)30(19-26)43-6/h7-15,18-19,22-23H,16-17,20-21H2,1-6H3,(H,34,38)/t23-/m0/s1. The maximum absolute atomic E-state index is 14.3. The first-order chi connectivity index (χ1) is 20.9. The number of ether oxygens (including phenoxy) is 3. The number of carbonyl (C=O) groups excluding carboxylic acids is 2.